The Morgan fingerprint density at radius 1 is 1.53 bits per heavy atom. The van der Waals surface area contributed by atoms with Gasteiger partial charge in [-0.15, -0.1) is 0 Å². The molecule has 0 amide bonds. The fourth-order valence-electron chi connectivity index (χ4n) is 1.26. The maximum Gasteiger partial charge on any atom is 0.245 e. The lowest BCUT2D eigenvalue weighted by Gasteiger charge is -2.05. The minimum atomic E-state index is 0.390. The summed E-state index contributed by atoms with van der Waals surface area (Å²) in [4.78, 5) is 4.08. The molecular formula is C9H13N5O2S. The molecule has 8 heteroatoms. The molecule has 2 rings (SSSR count). The molecule has 0 radical (unpaired) electrons. The molecule has 2 heterocycles. The van der Waals surface area contributed by atoms with Crippen molar-refractivity contribution in [3.05, 3.63) is 11.7 Å². The van der Waals surface area contributed by atoms with Crippen molar-refractivity contribution in [2.75, 3.05) is 17.7 Å². The highest BCUT2D eigenvalue weighted by Gasteiger charge is 2.13. The number of anilines is 2. The number of nitrogens with two attached hydrogens (primary N) is 1. The highest BCUT2D eigenvalue weighted by atomic mass is 32.1. The third-order valence-electron chi connectivity index (χ3n) is 1.93. The molecule has 0 saturated heterocycles. The molecule has 2 aromatic rings. The Morgan fingerprint density at radius 2 is 2.35 bits per heavy atom. The molecule has 0 atom stereocenters. The Hall–Kier alpha value is -1.83. The van der Waals surface area contributed by atoms with Gasteiger partial charge in [-0.25, -0.2) is 0 Å². The minimum absolute atomic E-state index is 0.390. The minimum Gasteiger partial charge on any atom is -0.487 e. The van der Waals surface area contributed by atoms with E-state index < -0.39 is 0 Å². The molecule has 0 aromatic carbocycles. The van der Waals surface area contributed by atoms with Crippen molar-refractivity contribution in [1.29, 1.82) is 0 Å². The highest BCUT2D eigenvalue weighted by molar-refractivity contribution is 7.11. The van der Waals surface area contributed by atoms with E-state index in [1.807, 2.05) is 6.92 Å². The molecule has 0 aliphatic heterocycles. The van der Waals surface area contributed by atoms with Gasteiger partial charge in [-0.2, -0.15) is 9.36 Å². The topological polar surface area (TPSA) is 99.1 Å². The molecule has 0 fully saturated rings. The summed E-state index contributed by atoms with van der Waals surface area (Å²) in [6.45, 7) is 4.62. The van der Waals surface area contributed by atoms with E-state index in [2.05, 4.69) is 19.8 Å². The summed E-state index contributed by atoms with van der Waals surface area (Å²) >= 11 is 1.24. The summed E-state index contributed by atoms with van der Waals surface area (Å²) in [7, 11) is 0. The van der Waals surface area contributed by atoms with Crippen molar-refractivity contribution in [2.45, 2.75) is 20.4 Å². The lowest BCUT2D eigenvalue weighted by Crippen LogP contribution is -2.02. The first-order valence-corrected chi connectivity index (χ1v) is 5.89. The van der Waals surface area contributed by atoms with Gasteiger partial charge in [-0.05, 0) is 25.4 Å². The summed E-state index contributed by atoms with van der Waals surface area (Å²) in [6.07, 6.45) is 0. The van der Waals surface area contributed by atoms with Gasteiger partial charge in [0.2, 0.25) is 5.89 Å². The van der Waals surface area contributed by atoms with Crippen molar-refractivity contribution < 1.29 is 9.26 Å². The summed E-state index contributed by atoms with van der Waals surface area (Å²) in [5.74, 6) is 2.09. The second-order valence-corrected chi connectivity index (χ2v) is 4.02. The van der Waals surface area contributed by atoms with Crippen LogP contribution < -0.4 is 15.8 Å². The number of ether oxygens (including phenoxy) is 1. The zero-order chi connectivity index (χ0) is 12.3. The van der Waals surface area contributed by atoms with E-state index in [0.29, 0.717) is 36.4 Å². The smallest absolute Gasteiger partial charge is 0.245 e. The van der Waals surface area contributed by atoms with E-state index in [1.54, 1.807) is 6.92 Å². The molecule has 0 aliphatic rings. The molecule has 7 nitrogen and oxygen atoms in total. The summed E-state index contributed by atoms with van der Waals surface area (Å²) in [5.41, 5.74) is 5.68. The van der Waals surface area contributed by atoms with Crippen molar-refractivity contribution in [2.24, 2.45) is 0 Å². The SMILES string of the molecule is CCOc1c(N)nsc1NCc1nc(C)no1. The van der Waals surface area contributed by atoms with Crippen LogP contribution in [-0.4, -0.2) is 21.1 Å². The zero-order valence-corrected chi connectivity index (χ0v) is 10.4. The second kappa shape index (κ2) is 5.00. The van der Waals surface area contributed by atoms with Gasteiger partial charge in [0, 0.05) is 0 Å². The average molecular weight is 255 g/mol. The first-order valence-electron chi connectivity index (χ1n) is 5.11. The van der Waals surface area contributed by atoms with E-state index >= 15 is 0 Å². The number of aromatic nitrogens is 3. The van der Waals surface area contributed by atoms with Gasteiger partial charge in [0.15, 0.2) is 22.4 Å². The zero-order valence-electron chi connectivity index (χ0n) is 9.56. The van der Waals surface area contributed by atoms with Crippen LogP contribution in [0.25, 0.3) is 0 Å². The predicted octanol–water partition coefficient (Wildman–Crippen LogP) is 1.43. The van der Waals surface area contributed by atoms with Crippen molar-refractivity contribution in [1.82, 2.24) is 14.5 Å². The van der Waals surface area contributed by atoms with Crippen molar-refractivity contribution >= 4 is 22.4 Å². The maximum absolute atomic E-state index is 5.68. The van der Waals surface area contributed by atoms with Crippen LogP contribution in [-0.2, 0) is 6.54 Å². The van der Waals surface area contributed by atoms with Gasteiger partial charge in [0.1, 0.15) is 0 Å². The normalized spacial score (nSPS) is 10.5. The lowest BCUT2D eigenvalue weighted by molar-refractivity contribution is 0.343. The van der Waals surface area contributed by atoms with Crippen LogP contribution in [0.4, 0.5) is 10.8 Å². The Kier molecular flexibility index (Phi) is 3.43. The van der Waals surface area contributed by atoms with Crippen molar-refractivity contribution in [3.8, 4) is 5.75 Å². The molecule has 0 unspecified atom stereocenters. The Labute approximate surface area is 102 Å². The number of nitrogen functional groups attached to an aromatic ring is 1. The van der Waals surface area contributed by atoms with Crippen LogP contribution >= 0.6 is 11.5 Å². The summed E-state index contributed by atoms with van der Waals surface area (Å²) < 4.78 is 14.4. The first kappa shape index (κ1) is 11.6. The third kappa shape index (κ3) is 2.64. The Morgan fingerprint density at radius 3 is 3.00 bits per heavy atom. The van der Waals surface area contributed by atoms with Gasteiger partial charge in [-0.1, -0.05) is 5.16 Å². The van der Waals surface area contributed by atoms with Gasteiger partial charge < -0.3 is 20.3 Å². The number of hydrogen-bond acceptors (Lipinski definition) is 8. The monoisotopic (exact) mass is 255 g/mol. The molecule has 0 saturated carbocycles. The molecule has 2 aromatic heterocycles. The van der Waals surface area contributed by atoms with Crippen LogP contribution in [0.2, 0.25) is 0 Å². The molecular weight excluding hydrogens is 242 g/mol. The van der Waals surface area contributed by atoms with E-state index in [4.69, 9.17) is 15.0 Å². The number of hydrogen-bond donors (Lipinski definition) is 2. The standard InChI is InChI=1S/C9H13N5O2S/c1-3-15-7-8(10)14-17-9(7)11-4-6-12-5(2)13-16-6/h11H,3-4H2,1-2H3,(H2,10,14). The number of nitrogens with one attached hydrogen (secondary N) is 1. The molecule has 0 spiro atoms. The predicted molar refractivity (Wildman–Crippen MR) is 64.1 cm³/mol. The van der Waals surface area contributed by atoms with Gasteiger partial charge in [-0.3, -0.25) is 0 Å². The van der Waals surface area contributed by atoms with E-state index in [1.165, 1.54) is 11.5 Å². The number of nitrogens with zero attached hydrogens (tertiary/aromatic N) is 3. The molecule has 0 bridgehead atoms. The Balaban J connectivity index is 2.03. The third-order valence-corrected chi connectivity index (χ3v) is 2.73. The molecule has 0 aliphatic carbocycles. The largest absolute Gasteiger partial charge is 0.487 e. The fraction of sp³-hybridized carbons (Fsp3) is 0.444. The lowest BCUT2D eigenvalue weighted by atomic mass is 10.5. The van der Waals surface area contributed by atoms with Crippen LogP contribution in [0.15, 0.2) is 4.52 Å². The van der Waals surface area contributed by atoms with Crippen LogP contribution in [0, 0.1) is 6.92 Å². The number of aryl methyl sites for hydroxylation is 1. The highest BCUT2D eigenvalue weighted by Crippen LogP contribution is 2.35. The summed E-state index contributed by atoms with van der Waals surface area (Å²) in [6, 6.07) is 0. The van der Waals surface area contributed by atoms with Crippen LogP contribution in [0.5, 0.6) is 5.75 Å². The van der Waals surface area contributed by atoms with Crippen LogP contribution in [0.1, 0.15) is 18.6 Å². The van der Waals surface area contributed by atoms with Crippen molar-refractivity contribution in [3.63, 3.8) is 0 Å². The van der Waals surface area contributed by atoms with E-state index in [-0.39, 0.29) is 0 Å². The molecule has 3 N–H and O–H groups in total. The number of rotatable bonds is 5. The van der Waals surface area contributed by atoms with Gasteiger partial charge in [0.05, 0.1) is 13.2 Å². The summed E-state index contributed by atoms with van der Waals surface area (Å²) in [5, 5.41) is 7.57. The second-order valence-electron chi connectivity index (χ2n) is 3.25. The Bertz CT molecular complexity index is 495. The maximum atomic E-state index is 5.68. The first-order chi connectivity index (χ1) is 8.20. The average Bonchev–Trinajstić information content (AvgIpc) is 2.86. The van der Waals surface area contributed by atoms with Gasteiger partial charge in [0.25, 0.3) is 0 Å². The van der Waals surface area contributed by atoms with Crippen LogP contribution in [0.3, 0.4) is 0 Å². The molecule has 92 valence electrons. The van der Waals surface area contributed by atoms with E-state index in [9.17, 15) is 0 Å². The fourth-order valence-corrected chi connectivity index (χ4v) is 1.91. The van der Waals surface area contributed by atoms with Gasteiger partial charge >= 0.3 is 0 Å². The molecule has 17 heavy (non-hydrogen) atoms. The van der Waals surface area contributed by atoms with E-state index in [0.717, 1.165) is 5.00 Å². The quantitative estimate of drug-likeness (QED) is 0.833.